The summed E-state index contributed by atoms with van der Waals surface area (Å²) >= 11 is 0. The van der Waals surface area contributed by atoms with E-state index in [1.807, 2.05) is 0 Å². The Bertz CT molecular complexity index is 282. The van der Waals surface area contributed by atoms with Crippen molar-refractivity contribution in [2.24, 2.45) is 0 Å². The maximum atomic E-state index is 11.3. The van der Waals surface area contributed by atoms with E-state index in [0.717, 1.165) is 0 Å². The van der Waals surface area contributed by atoms with Crippen LogP contribution < -0.4 is 10.6 Å². The lowest BCUT2D eigenvalue weighted by Crippen LogP contribution is -2.49. The zero-order valence-corrected chi connectivity index (χ0v) is 9.58. The molecule has 0 radical (unpaired) electrons. The molecule has 1 aliphatic heterocycles. The second-order valence-corrected chi connectivity index (χ2v) is 4.05. The van der Waals surface area contributed by atoms with Gasteiger partial charge in [-0.25, -0.2) is 0 Å². The molecule has 0 bridgehead atoms. The number of ether oxygens (including phenoxy) is 1. The maximum absolute atomic E-state index is 11.3. The molecule has 16 heavy (non-hydrogen) atoms. The van der Waals surface area contributed by atoms with Gasteiger partial charge in [-0.05, 0) is 6.92 Å². The smallest absolute Gasteiger partial charge is 0.239 e. The molecule has 0 spiro atoms. The van der Waals surface area contributed by atoms with Crippen molar-refractivity contribution in [3.05, 3.63) is 0 Å². The van der Waals surface area contributed by atoms with Gasteiger partial charge in [-0.15, -0.1) is 0 Å². The summed E-state index contributed by atoms with van der Waals surface area (Å²) in [7, 11) is 0. The first kappa shape index (κ1) is 12.9. The van der Waals surface area contributed by atoms with Crippen LogP contribution in [0.5, 0.6) is 0 Å². The van der Waals surface area contributed by atoms with Gasteiger partial charge in [0.1, 0.15) is 5.60 Å². The van der Waals surface area contributed by atoms with Crippen molar-refractivity contribution in [2.75, 3.05) is 19.7 Å². The Morgan fingerprint density at radius 1 is 1.50 bits per heavy atom. The fourth-order valence-corrected chi connectivity index (χ4v) is 1.52. The third kappa shape index (κ3) is 3.46. The highest BCUT2D eigenvalue weighted by Gasteiger charge is 2.39. The van der Waals surface area contributed by atoms with Gasteiger partial charge in [-0.1, -0.05) is 0 Å². The van der Waals surface area contributed by atoms with Gasteiger partial charge in [0.2, 0.25) is 11.8 Å². The third-order valence-corrected chi connectivity index (χ3v) is 2.75. The Morgan fingerprint density at radius 2 is 2.19 bits per heavy atom. The van der Waals surface area contributed by atoms with E-state index in [1.165, 1.54) is 6.92 Å². The van der Waals surface area contributed by atoms with E-state index in [1.54, 1.807) is 6.92 Å². The topological polar surface area (TPSA) is 87.7 Å². The minimum Gasteiger partial charge on any atom is -0.385 e. The van der Waals surface area contributed by atoms with Gasteiger partial charge in [-0.2, -0.15) is 0 Å². The van der Waals surface area contributed by atoms with E-state index in [-0.39, 0.29) is 31.0 Å². The highest BCUT2D eigenvalue weighted by Crippen LogP contribution is 2.24. The van der Waals surface area contributed by atoms with Crippen LogP contribution in [0, 0.1) is 0 Å². The number of hydrogen-bond acceptors (Lipinski definition) is 4. The predicted octanol–water partition coefficient (Wildman–Crippen LogP) is -1.22. The van der Waals surface area contributed by atoms with E-state index in [4.69, 9.17) is 4.74 Å². The lowest BCUT2D eigenvalue weighted by molar-refractivity contribution is -0.126. The van der Waals surface area contributed by atoms with Gasteiger partial charge >= 0.3 is 0 Å². The lowest BCUT2D eigenvalue weighted by atomic mass is 9.97. The molecule has 0 saturated carbocycles. The summed E-state index contributed by atoms with van der Waals surface area (Å²) in [4.78, 5) is 21.8. The van der Waals surface area contributed by atoms with Crippen molar-refractivity contribution in [3.63, 3.8) is 0 Å². The van der Waals surface area contributed by atoms with Crippen LogP contribution in [0.2, 0.25) is 0 Å². The van der Waals surface area contributed by atoms with Crippen LogP contribution in [0.25, 0.3) is 0 Å². The maximum Gasteiger partial charge on any atom is 0.239 e. The molecule has 2 unspecified atom stereocenters. The molecular formula is C10H18N2O4. The third-order valence-electron chi connectivity index (χ3n) is 2.75. The molecule has 6 heteroatoms. The zero-order chi connectivity index (χ0) is 12.2. The molecule has 1 heterocycles. The molecule has 2 atom stereocenters. The number of carbonyl (C=O) groups excluding carboxylic acids is 2. The van der Waals surface area contributed by atoms with E-state index >= 15 is 0 Å². The van der Waals surface area contributed by atoms with Crippen molar-refractivity contribution < 1.29 is 19.4 Å². The fourth-order valence-electron chi connectivity index (χ4n) is 1.52. The quantitative estimate of drug-likeness (QED) is 0.565. The molecule has 1 rings (SSSR count). The molecule has 0 aromatic heterocycles. The Balaban J connectivity index is 2.28. The number of aliphatic hydroxyl groups is 1. The molecule has 0 aromatic rings. The van der Waals surface area contributed by atoms with Gasteiger partial charge in [0, 0.05) is 26.5 Å². The van der Waals surface area contributed by atoms with E-state index in [2.05, 4.69) is 10.6 Å². The van der Waals surface area contributed by atoms with Gasteiger partial charge < -0.3 is 20.5 Å². The number of amides is 2. The molecule has 0 aromatic carbocycles. The number of rotatable bonds is 4. The fraction of sp³-hybridized carbons (Fsp3) is 0.800. The highest BCUT2D eigenvalue weighted by molar-refractivity contribution is 5.83. The minimum atomic E-state index is -0.994. The van der Waals surface area contributed by atoms with E-state index in [0.29, 0.717) is 13.0 Å². The summed E-state index contributed by atoms with van der Waals surface area (Å²) in [5.41, 5.74) is -0.994. The van der Waals surface area contributed by atoms with Crippen molar-refractivity contribution >= 4 is 11.8 Å². The van der Waals surface area contributed by atoms with E-state index in [9.17, 15) is 14.7 Å². The second kappa shape index (κ2) is 5.27. The Labute approximate surface area is 94.3 Å². The summed E-state index contributed by atoms with van der Waals surface area (Å²) in [5.74, 6) is -0.575. The molecule has 1 fully saturated rings. The van der Waals surface area contributed by atoms with Crippen LogP contribution in [0.3, 0.4) is 0 Å². The average Bonchev–Trinajstić information content (AvgIpc) is 2.54. The summed E-state index contributed by atoms with van der Waals surface area (Å²) in [6.07, 6.45) is 0.225. The van der Waals surface area contributed by atoms with Crippen molar-refractivity contribution in [1.82, 2.24) is 10.6 Å². The molecule has 0 aliphatic carbocycles. The van der Waals surface area contributed by atoms with Crippen LogP contribution in [-0.4, -0.2) is 48.3 Å². The molecule has 1 aliphatic rings. The Kier molecular flexibility index (Phi) is 4.26. The van der Waals surface area contributed by atoms with Crippen molar-refractivity contribution in [2.45, 2.75) is 32.0 Å². The molecule has 92 valence electrons. The van der Waals surface area contributed by atoms with Crippen molar-refractivity contribution in [3.8, 4) is 0 Å². The standard InChI is InChI=1S/C10H18N2O4/c1-7-10(15,3-4-16-7)6-12-9(14)5-11-8(2)13/h7,15H,3-6H2,1-2H3,(H,11,13)(H,12,14). The first-order valence-electron chi connectivity index (χ1n) is 5.29. The first-order valence-corrected chi connectivity index (χ1v) is 5.29. The van der Waals surface area contributed by atoms with Crippen LogP contribution in [0.1, 0.15) is 20.3 Å². The molecule has 6 nitrogen and oxygen atoms in total. The molecule has 2 amide bonds. The van der Waals surface area contributed by atoms with Gasteiger partial charge in [-0.3, -0.25) is 9.59 Å². The predicted molar refractivity (Wildman–Crippen MR) is 56.7 cm³/mol. The number of carbonyl (C=O) groups is 2. The largest absolute Gasteiger partial charge is 0.385 e. The summed E-state index contributed by atoms with van der Waals surface area (Å²) < 4.78 is 5.23. The van der Waals surface area contributed by atoms with Crippen LogP contribution in [-0.2, 0) is 14.3 Å². The SMILES string of the molecule is CC(=O)NCC(=O)NCC1(O)CCOC1C. The summed E-state index contributed by atoms with van der Waals surface area (Å²) in [6, 6.07) is 0. The highest BCUT2D eigenvalue weighted by atomic mass is 16.5. The second-order valence-electron chi connectivity index (χ2n) is 4.05. The van der Waals surface area contributed by atoms with Gasteiger partial charge in [0.25, 0.3) is 0 Å². The summed E-state index contributed by atoms with van der Waals surface area (Å²) in [5, 5.41) is 15.0. The zero-order valence-electron chi connectivity index (χ0n) is 9.58. The van der Waals surface area contributed by atoms with E-state index < -0.39 is 5.60 Å². The average molecular weight is 230 g/mol. The minimum absolute atomic E-state index is 0.0688. The number of nitrogens with one attached hydrogen (secondary N) is 2. The Hall–Kier alpha value is -1.14. The monoisotopic (exact) mass is 230 g/mol. The first-order chi connectivity index (χ1) is 7.44. The van der Waals surface area contributed by atoms with Gasteiger partial charge in [0.05, 0.1) is 12.6 Å². The normalized spacial score (nSPS) is 28.8. The molecule has 3 N–H and O–H groups in total. The molecular weight excluding hydrogens is 212 g/mol. The van der Waals surface area contributed by atoms with Gasteiger partial charge in [0.15, 0.2) is 0 Å². The number of hydrogen-bond donors (Lipinski definition) is 3. The Morgan fingerprint density at radius 3 is 2.69 bits per heavy atom. The summed E-state index contributed by atoms with van der Waals surface area (Å²) in [6.45, 7) is 3.69. The van der Waals surface area contributed by atoms with Crippen LogP contribution >= 0.6 is 0 Å². The molecule has 1 saturated heterocycles. The lowest BCUT2D eigenvalue weighted by Gasteiger charge is -2.26. The van der Waals surface area contributed by atoms with Crippen molar-refractivity contribution in [1.29, 1.82) is 0 Å². The van der Waals surface area contributed by atoms with Crippen LogP contribution in [0.4, 0.5) is 0 Å². The van der Waals surface area contributed by atoms with Crippen LogP contribution in [0.15, 0.2) is 0 Å².